The Hall–Kier alpha value is -0.900. The van der Waals surface area contributed by atoms with E-state index in [1.54, 1.807) is 0 Å². The fraction of sp³-hybridized carbons (Fsp3) is 0.778. The third kappa shape index (κ3) is 2.52. The topological polar surface area (TPSA) is 63.4 Å². The van der Waals surface area contributed by atoms with Gasteiger partial charge < -0.3 is 5.73 Å². The molecule has 13 heavy (non-hydrogen) atoms. The van der Waals surface area contributed by atoms with Gasteiger partial charge in [0.05, 0.1) is 12.6 Å². The first-order valence-electron chi connectivity index (χ1n) is 4.70. The third-order valence-corrected chi connectivity index (χ3v) is 2.44. The molecule has 0 aliphatic carbocycles. The molecule has 0 aromatic heterocycles. The molecule has 0 saturated carbocycles. The van der Waals surface area contributed by atoms with E-state index in [1.807, 2.05) is 11.8 Å². The standard InChI is InChI=1S/C9H16N2O2/c1-2-8(9(10)13)11-5-3-4-7(12)6-11/h8H,2-6H2,1H3,(H2,10,13). The Morgan fingerprint density at radius 3 is 2.85 bits per heavy atom. The molecule has 1 aliphatic rings. The van der Waals surface area contributed by atoms with E-state index in [9.17, 15) is 9.59 Å². The number of rotatable bonds is 3. The number of primary amides is 1. The van der Waals surface area contributed by atoms with Crippen LogP contribution in [0, 0.1) is 0 Å². The number of piperidine rings is 1. The molecule has 1 atom stereocenters. The molecule has 74 valence electrons. The second kappa shape index (κ2) is 4.37. The summed E-state index contributed by atoms with van der Waals surface area (Å²) < 4.78 is 0. The van der Waals surface area contributed by atoms with Gasteiger partial charge in [-0.15, -0.1) is 0 Å². The average molecular weight is 184 g/mol. The molecule has 1 saturated heterocycles. The maximum Gasteiger partial charge on any atom is 0.234 e. The predicted molar refractivity (Wildman–Crippen MR) is 49.1 cm³/mol. The van der Waals surface area contributed by atoms with Gasteiger partial charge in [-0.3, -0.25) is 14.5 Å². The van der Waals surface area contributed by atoms with Gasteiger partial charge in [-0.1, -0.05) is 6.92 Å². The molecule has 1 heterocycles. The number of carbonyl (C=O) groups excluding carboxylic acids is 2. The number of Topliss-reactive ketones (excluding diaryl/α,β-unsaturated/α-hetero) is 1. The summed E-state index contributed by atoms with van der Waals surface area (Å²) in [7, 11) is 0. The molecule has 2 N–H and O–H groups in total. The molecule has 1 amide bonds. The highest BCUT2D eigenvalue weighted by Gasteiger charge is 2.26. The summed E-state index contributed by atoms with van der Waals surface area (Å²) in [5.41, 5.74) is 5.23. The normalized spacial score (nSPS) is 21.5. The van der Waals surface area contributed by atoms with Crippen molar-refractivity contribution in [2.45, 2.75) is 32.2 Å². The lowest BCUT2D eigenvalue weighted by Crippen LogP contribution is -2.49. The zero-order chi connectivity index (χ0) is 9.84. The maximum atomic E-state index is 11.1. The van der Waals surface area contributed by atoms with Crippen LogP contribution in [-0.4, -0.2) is 35.7 Å². The quantitative estimate of drug-likeness (QED) is 0.667. The zero-order valence-corrected chi connectivity index (χ0v) is 7.95. The monoisotopic (exact) mass is 184 g/mol. The summed E-state index contributed by atoms with van der Waals surface area (Å²) >= 11 is 0. The van der Waals surface area contributed by atoms with Crippen LogP contribution in [0.5, 0.6) is 0 Å². The first-order valence-corrected chi connectivity index (χ1v) is 4.70. The highest BCUT2D eigenvalue weighted by atomic mass is 16.1. The van der Waals surface area contributed by atoms with Crippen LogP contribution in [0.2, 0.25) is 0 Å². The average Bonchev–Trinajstić information content (AvgIpc) is 2.04. The Morgan fingerprint density at radius 1 is 1.69 bits per heavy atom. The highest BCUT2D eigenvalue weighted by Crippen LogP contribution is 2.11. The van der Waals surface area contributed by atoms with Crippen molar-refractivity contribution in [2.24, 2.45) is 5.73 Å². The lowest BCUT2D eigenvalue weighted by Gasteiger charge is -2.31. The van der Waals surface area contributed by atoms with Gasteiger partial charge in [0.2, 0.25) is 5.91 Å². The Labute approximate surface area is 78.1 Å². The van der Waals surface area contributed by atoms with Crippen molar-refractivity contribution in [1.29, 1.82) is 0 Å². The fourth-order valence-electron chi connectivity index (χ4n) is 1.77. The van der Waals surface area contributed by atoms with Crippen LogP contribution in [0.25, 0.3) is 0 Å². The van der Waals surface area contributed by atoms with E-state index in [4.69, 9.17) is 5.73 Å². The molecular weight excluding hydrogens is 168 g/mol. The van der Waals surface area contributed by atoms with Crippen LogP contribution in [0.15, 0.2) is 0 Å². The van der Waals surface area contributed by atoms with E-state index in [-0.39, 0.29) is 17.7 Å². The Morgan fingerprint density at radius 2 is 2.38 bits per heavy atom. The van der Waals surface area contributed by atoms with E-state index < -0.39 is 0 Å². The first kappa shape index (κ1) is 10.2. The van der Waals surface area contributed by atoms with Crippen LogP contribution in [0.3, 0.4) is 0 Å². The molecule has 0 bridgehead atoms. The Kier molecular flexibility index (Phi) is 3.42. The summed E-state index contributed by atoms with van der Waals surface area (Å²) in [6.07, 6.45) is 2.18. The van der Waals surface area contributed by atoms with Gasteiger partial charge in [0.1, 0.15) is 5.78 Å². The summed E-state index contributed by atoms with van der Waals surface area (Å²) in [5.74, 6) is -0.108. The summed E-state index contributed by atoms with van der Waals surface area (Å²) in [6.45, 7) is 3.11. The second-order valence-electron chi connectivity index (χ2n) is 3.44. The molecule has 0 radical (unpaired) electrons. The number of amides is 1. The number of carbonyl (C=O) groups is 2. The molecule has 1 fully saturated rings. The molecule has 4 nitrogen and oxygen atoms in total. The summed E-state index contributed by atoms with van der Waals surface area (Å²) in [5, 5.41) is 0. The number of hydrogen-bond donors (Lipinski definition) is 1. The van der Waals surface area contributed by atoms with Crippen molar-refractivity contribution in [2.75, 3.05) is 13.1 Å². The van der Waals surface area contributed by atoms with Crippen molar-refractivity contribution < 1.29 is 9.59 Å². The number of hydrogen-bond acceptors (Lipinski definition) is 3. The minimum absolute atomic E-state index is 0.214. The van der Waals surface area contributed by atoms with Gasteiger partial charge in [-0.25, -0.2) is 0 Å². The lowest BCUT2D eigenvalue weighted by atomic mass is 10.1. The van der Waals surface area contributed by atoms with Gasteiger partial charge in [0.15, 0.2) is 0 Å². The van der Waals surface area contributed by atoms with Crippen LogP contribution >= 0.6 is 0 Å². The second-order valence-corrected chi connectivity index (χ2v) is 3.44. The number of ketones is 1. The fourth-order valence-corrected chi connectivity index (χ4v) is 1.77. The molecule has 0 aromatic rings. The van der Waals surface area contributed by atoms with Crippen LogP contribution in [0.4, 0.5) is 0 Å². The van der Waals surface area contributed by atoms with Crippen LogP contribution in [-0.2, 0) is 9.59 Å². The minimum Gasteiger partial charge on any atom is -0.368 e. The first-order chi connectivity index (χ1) is 6.15. The molecule has 4 heteroatoms. The number of nitrogens with zero attached hydrogens (tertiary/aromatic N) is 1. The van der Waals surface area contributed by atoms with Crippen molar-refractivity contribution in [3.05, 3.63) is 0 Å². The predicted octanol–water partition coefficient (Wildman–Crippen LogP) is -0.0848. The van der Waals surface area contributed by atoms with E-state index in [0.29, 0.717) is 19.4 Å². The van der Waals surface area contributed by atoms with Crippen molar-refractivity contribution in [1.82, 2.24) is 4.90 Å². The van der Waals surface area contributed by atoms with E-state index >= 15 is 0 Å². The molecule has 1 unspecified atom stereocenters. The lowest BCUT2D eigenvalue weighted by molar-refractivity contribution is -0.128. The van der Waals surface area contributed by atoms with Crippen molar-refractivity contribution in [3.8, 4) is 0 Å². The van der Waals surface area contributed by atoms with Crippen LogP contribution in [0.1, 0.15) is 26.2 Å². The summed E-state index contributed by atoms with van der Waals surface area (Å²) in [6, 6.07) is -0.260. The largest absolute Gasteiger partial charge is 0.368 e. The molecule has 1 rings (SSSR count). The number of nitrogens with two attached hydrogens (primary N) is 1. The van der Waals surface area contributed by atoms with Gasteiger partial charge in [0, 0.05) is 6.42 Å². The Balaban J connectivity index is 2.57. The molecule has 0 spiro atoms. The van der Waals surface area contributed by atoms with Gasteiger partial charge >= 0.3 is 0 Å². The minimum atomic E-state index is -0.322. The molecule has 0 aromatic carbocycles. The van der Waals surface area contributed by atoms with Gasteiger partial charge in [0.25, 0.3) is 0 Å². The smallest absolute Gasteiger partial charge is 0.234 e. The van der Waals surface area contributed by atoms with Crippen molar-refractivity contribution >= 4 is 11.7 Å². The van der Waals surface area contributed by atoms with Gasteiger partial charge in [-0.2, -0.15) is 0 Å². The molecule has 1 aliphatic heterocycles. The highest BCUT2D eigenvalue weighted by molar-refractivity contribution is 5.84. The van der Waals surface area contributed by atoms with E-state index in [1.165, 1.54) is 0 Å². The maximum absolute atomic E-state index is 11.1. The molecular formula is C9H16N2O2. The number of likely N-dealkylation sites (tertiary alicyclic amines) is 1. The SMILES string of the molecule is CCC(C(N)=O)N1CCCC(=O)C1. The van der Waals surface area contributed by atoms with Crippen molar-refractivity contribution in [3.63, 3.8) is 0 Å². The summed E-state index contributed by atoms with van der Waals surface area (Å²) in [4.78, 5) is 24.0. The van der Waals surface area contributed by atoms with E-state index in [0.717, 1.165) is 13.0 Å². The Bertz CT molecular complexity index is 216. The van der Waals surface area contributed by atoms with Gasteiger partial charge in [-0.05, 0) is 19.4 Å². The van der Waals surface area contributed by atoms with Crippen LogP contribution < -0.4 is 5.73 Å². The zero-order valence-electron chi connectivity index (χ0n) is 7.95. The third-order valence-electron chi connectivity index (χ3n) is 2.44. The van der Waals surface area contributed by atoms with E-state index in [2.05, 4.69) is 0 Å².